The van der Waals surface area contributed by atoms with Gasteiger partial charge in [0.1, 0.15) is 17.0 Å². The van der Waals surface area contributed by atoms with E-state index in [0.717, 1.165) is 16.7 Å². The van der Waals surface area contributed by atoms with Gasteiger partial charge in [-0.15, -0.1) is 0 Å². The van der Waals surface area contributed by atoms with Gasteiger partial charge in [0.15, 0.2) is 0 Å². The van der Waals surface area contributed by atoms with Crippen LogP contribution in [-0.2, 0) is 24.9 Å². The Hall–Kier alpha value is -2.60. The Morgan fingerprint density at radius 3 is 2.91 bits per heavy atom. The number of hydrogen-bond acceptors (Lipinski definition) is 4. The summed E-state index contributed by atoms with van der Waals surface area (Å²) < 4.78 is 12.5. The second-order valence-corrected chi connectivity index (χ2v) is 5.51. The molecule has 0 atom stereocenters. The minimum Gasteiger partial charge on any atom is -0.459 e. The van der Waals surface area contributed by atoms with E-state index >= 15 is 0 Å². The lowest BCUT2D eigenvalue weighted by Gasteiger charge is -2.15. The molecule has 2 aromatic heterocycles. The number of methoxy groups -OCH3 is 1. The van der Waals surface area contributed by atoms with Gasteiger partial charge in [0, 0.05) is 32.8 Å². The number of benzene rings is 1. The molecular formula is C17H19N3O3. The number of furan rings is 1. The largest absolute Gasteiger partial charge is 0.459 e. The minimum atomic E-state index is -0.106. The van der Waals surface area contributed by atoms with Crippen molar-refractivity contribution < 1.29 is 13.9 Å². The SMILES string of the molecule is COCc1nn(C)cc1C(=O)N(C)Cc1cc2ccccc2o1. The number of para-hydroxylation sites is 1. The van der Waals surface area contributed by atoms with Gasteiger partial charge in [-0.25, -0.2) is 0 Å². The number of carbonyl (C=O) groups excluding carboxylic acids is 1. The summed E-state index contributed by atoms with van der Waals surface area (Å²) in [5, 5.41) is 5.30. The first-order chi connectivity index (χ1) is 11.1. The zero-order valence-electron chi connectivity index (χ0n) is 13.4. The Kier molecular flexibility index (Phi) is 4.16. The smallest absolute Gasteiger partial charge is 0.257 e. The fourth-order valence-corrected chi connectivity index (χ4v) is 2.58. The summed E-state index contributed by atoms with van der Waals surface area (Å²) in [7, 11) is 5.12. The van der Waals surface area contributed by atoms with E-state index in [1.165, 1.54) is 0 Å². The molecular weight excluding hydrogens is 294 g/mol. The molecule has 0 radical (unpaired) electrons. The zero-order valence-corrected chi connectivity index (χ0v) is 13.4. The lowest BCUT2D eigenvalue weighted by atomic mass is 10.2. The maximum atomic E-state index is 12.6. The molecule has 0 aliphatic rings. The number of ether oxygens (including phenoxy) is 1. The predicted octanol–water partition coefficient (Wildman–Crippen LogP) is 2.58. The summed E-state index contributed by atoms with van der Waals surface area (Å²) in [6, 6.07) is 9.75. The van der Waals surface area contributed by atoms with Crippen molar-refractivity contribution in [2.45, 2.75) is 13.2 Å². The van der Waals surface area contributed by atoms with Crippen LogP contribution in [-0.4, -0.2) is 34.7 Å². The Morgan fingerprint density at radius 1 is 1.39 bits per heavy atom. The highest BCUT2D eigenvalue weighted by Gasteiger charge is 2.20. The van der Waals surface area contributed by atoms with Gasteiger partial charge in [-0.2, -0.15) is 5.10 Å². The maximum absolute atomic E-state index is 12.6. The Labute approximate surface area is 134 Å². The third-order valence-electron chi connectivity index (χ3n) is 3.63. The van der Waals surface area contributed by atoms with E-state index in [1.54, 1.807) is 37.0 Å². The van der Waals surface area contributed by atoms with Crippen LogP contribution in [0.3, 0.4) is 0 Å². The molecule has 0 N–H and O–H groups in total. The van der Waals surface area contributed by atoms with Crippen LogP contribution in [0.1, 0.15) is 21.8 Å². The number of carbonyl (C=O) groups is 1. The van der Waals surface area contributed by atoms with Crippen molar-refractivity contribution >= 4 is 16.9 Å². The number of nitrogens with zero attached hydrogens (tertiary/aromatic N) is 3. The number of aromatic nitrogens is 2. The van der Waals surface area contributed by atoms with E-state index in [9.17, 15) is 4.79 Å². The molecule has 1 amide bonds. The maximum Gasteiger partial charge on any atom is 0.257 e. The molecule has 1 aromatic carbocycles. The number of amides is 1. The molecule has 2 heterocycles. The van der Waals surface area contributed by atoms with Gasteiger partial charge in [0.2, 0.25) is 0 Å². The van der Waals surface area contributed by atoms with E-state index in [-0.39, 0.29) is 5.91 Å². The van der Waals surface area contributed by atoms with Crippen molar-refractivity contribution in [1.29, 1.82) is 0 Å². The zero-order chi connectivity index (χ0) is 16.4. The number of rotatable bonds is 5. The Balaban J connectivity index is 1.79. The molecule has 3 rings (SSSR count). The average molecular weight is 313 g/mol. The highest BCUT2D eigenvalue weighted by molar-refractivity contribution is 5.95. The van der Waals surface area contributed by atoms with E-state index in [0.29, 0.717) is 24.4 Å². The van der Waals surface area contributed by atoms with Crippen LogP contribution >= 0.6 is 0 Å². The van der Waals surface area contributed by atoms with Gasteiger partial charge >= 0.3 is 0 Å². The summed E-state index contributed by atoms with van der Waals surface area (Å²) in [5.41, 5.74) is 2.01. The third-order valence-corrected chi connectivity index (χ3v) is 3.63. The van der Waals surface area contributed by atoms with E-state index in [1.807, 2.05) is 30.3 Å². The summed E-state index contributed by atoms with van der Waals surface area (Å²) in [6.07, 6.45) is 1.71. The van der Waals surface area contributed by atoms with Gasteiger partial charge in [0.25, 0.3) is 5.91 Å². The lowest BCUT2D eigenvalue weighted by molar-refractivity contribution is 0.0771. The molecule has 0 aliphatic carbocycles. The minimum absolute atomic E-state index is 0.106. The average Bonchev–Trinajstić information content (AvgIpc) is 3.09. The quantitative estimate of drug-likeness (QED) is 0.726. The van der Waals surface area contributed by atoms with Crippen LogP contribution < -0.4 is 0 Å². The van der Waals surface area contributed by atoms with Crippen molar-refractivity contribution in [3.05, 3.63) is 53.5 Å². The Morgan fingerprint density at radius 2 is 2.17 bits per heavy atom. The van der Waals surface area contributed by atoms with E-state index < -0.39 is 0 Å². The fraction of sp³-hybridized carbons (Fsp3) is 0.294. The van der Waals surface area contributed by atoms with Gasteiger partial charge < -0.3 is 14.1 Å². The summed E-state index contributed by atoms with van der Waals surface area (Å²) in [6.45, 7) is 0.704. The lowest BCUT2D eigenvalue weighted by Crippen LogP contribution is -2.26. The second kappa shape index (κ2) is 6.26. The van der Waals surface area contributed by atoms with Gasteiger partial charge in [0.05, 0.1) is 18.7 Å². The summed E-state index contributed by atoms with van der Waals surface area (Å²) >= 11 is 0. The summed E-state index contributed by atoms with van der Waals surface area (Å²) in [5.74, 6) is 0.643. The fourth-order valence-electron chi connectivity index (χ4n) is 2.58. The van der Waals surface area contributed by atoms with Crippen LogP contribution in [0.2, 0.25) is 0 Å². The predicted molar refractivity (Wildman–Crippen MR) is 85.9 cm³/mol. The molecule has 0 bridgehead atoms. The molecule has 0 unspecified atom stereocenters. The van der Waals surface area contributed by atoms with Crippen molar-refractivity contribution in [1.82, 2.24) is 14.7 Å². The number of aryl methyl sites for hydroxylation is 1. The van der Waals surface area contributed by atoms with Crippen LogP contribution in [0.5, 0.6) is 0 Å². The molecule has 0 fully saturated rings. The van der Waals surface area contributed by atoms with Crippen molar-refractivity contribution in [3.63, 3.8) is 0 Å². The third kappa shape index (κ3) is 3.12. The first-order valence-electron chi connectivity index (χ1n) is 7.33. The molecule has 0 aliphatic heterocycles. The first-order valence-corrected chi connectivity index (χ1v) is 7.33. The highest BCUT2D eigenvalue weighted by atomic mass is 16.5. The van der Waals surface area contributed by atoms with Crippen LogP contribution in [0, 0.1) is 0 Å². The first kappa shape index (κ1) is 15.3. The number of fused-ring (bicyclic) bond motifs is 1. The number of hydrogen-bond donors (Lipinski definition) is 0. The van der Waals surface area contributed by atoms with Gasteiger partial charge in [-0.05, 0) is 12.1 Å². The molecule has 0 saturated carbocycles. The van der Waals surface area contributed by atoms with Gasteiger partial charge in [-0.3, -0.25) is 9.48 Å². The monoisotopic (exact) mass is 313 g/mol. The molecule has 0 saturated heterocycles. The molecule has 6 heteroatoms. The van der Waals surface area contributed by atoms with Gasteiger partial charge in [-0.1, -0.05) is 18.2 Å². The molecule has 120 valence electrons. The van der Waals surface area contributed by atoms with Crippen LogP contribution in [0.4, 0.5) is 0 Å². The van der Waals surface area contributed by atoms with Crippen LogP contribution in [0.15, 0.2) is 40.9 Å². The normalized spacial score (nSPS) is 11.1. The second-order valence-electron chi connectivity index (χ2n) is 5.51. The van der Waals surface area contributed by atoms with Crippen LogP contribution in [0.25, 0.3) is 11.0 Å². The van der Waals surface area contributed by atoms with Crippen molar-refractivity contribution in [2.24, 2.45) is 7.05 Å². The summed E-state index contributed by atoms with van der Waals surface area (Å²) in [4.78, 5) is 14.3. The van der Waals surface area contributed by atoms with E-state index in [2.05, 4.69) is 5.10 Å². The molecule has 6 nitrogen and oxygen atoms in total. The Bertz CT molecular complexity index is 802. The molecule has 23 heavy (non-hydrogen) atoms. The van der Waals surface area contributed by atoms with Crippen molar-refractivity contribution in [3.8, 4) is 0 Å². The van der Waals surface area contributed by atoms with Crippen molar-refractivity contribution in [2.75, 3.05) is 14.2 Å². The standard InChI is InChI=1S/C17H19N3O3/c1-19(9-13-8-12-6-4-5-7-16(12)23-13)17(21)14-10-20(2)18-15(14)11-22-3/h4-8,10H,9,11H2,1-3H3. The van der Waals surface area contributed by atoms with E-state index in [4.69, 9.17) is 9.15 Å². The topological polar surface area (TPSA) is 60.5 Å². The highest BCUT2D eigenvalue weighted by Crippen LogP contribution is 2.20. The molecule has 0 spiro atoms. The molecule has 3 aromatic rings.